The SMILES string of the molecule is CN=C(NCC(=O)N1CCc2ccccc2C1)NC1CCN(Cc2ccccc2)CC1. The Labute approximate surface area is 185 Å². The Bertz CT molecular complexity index is 890. The van der Waals surface area contributed by atoms with Crippen LogP contribution in [0.3, 0.4) is 0 Å². The first-order valence-electron chi connectivity index (χ1n) is 11.3. The number of carbonyl (C=O) groups is 1. The predicted octanol–water partition coefficient (Wildman–Crippen LogP) is 2.40. The summed E-state index contributed by atoms with van der Waals surface area (Å²) in [6, 6.07) is 19.4. The highest BCUT2D eigenvalue weighted by Gasteiger charge is 2.22. The lowest BCUT2D eigenvalue weighted by Gasteiger charge is -2.33. The van der Waals surface area contributed by atoms with Gasteiger partial charge in [-0.3, -0.25) is 14.7 Å². The standard InChI is InChI=1S/C25H33N5O/c1-26-25(27-17-24(31)30-16-11-21-9-5-6-10-22(21)19-30)28-23-12-14-29(15-13-23)18-20-7-3-2-4-8-20/h2-10,23H,11-19H2,1H3,(H2,26,27,28). The topological polar surface area (TPSA) is 60.0 Å². The molecule has 6 heteroatoms. The second-order valence-electron chi connectivity index (χ2n) is 8.44. The summed E-state index contributed by atoms with van der Waals surface area (Å²) >= 11 is 0. The van der Waals surface area contributed by atoms with Crippen molar-refractivity contribution in [3.8, 4) is 0 Å². The van der Waals surface area contributed by atoms with Crippen LogP contribution >= 0.6 is 0 Å². The zero-order valence-corrected chi connectivity index (χ0v) is 18.4. The highest BCUT2D eigenvalue weighted by molar-refractivity contribution is 5.86. The summed E-state index contributed by atoms with van der Waals surface area (Å²) in [4.78, 5) is 21.5. The van der Waals surface area contributed by atoms with Gasteiger partial charge in [-0.05, 0) is 36.0 Å². The summed E-state index contributed by atoms with van der Waals surface area (Å²) in [5.41, 5.74) is 3.98. The van der Waals surface area contributed by atoms with Crippen molar-refractivity contribution in [1.82, 2.24) is 20.4 Å². The summed E-state index contributed by atoms with van der Waals surface area (Å²) < 4.78 is 0. The molecule has 2 aromatic rings. The van der Waals surface area contributed by atoms with Gasteiger partial charge in [-0.1, -0.05) is 54.6 Å². The van der Waals surface area contributed by atoms with E-state index >= 15 is 0 Å². The third-order valence-corrected chi connectivity index (χ3v) is 6.29. The summed E-state index contributed by atoms with van der Waals surface area (Å²) in [5.74, 6) is 0.836. The zero-order valence-electron chi connectivity index (χ0n) is 18.4. The van der Waals surface area contributed by atoms with E-state index in [2.05, 4.69) is 69.1 Å². The smallest absolute Gasteiger partial charge is 0.242 e. The van der Waals surface area contributed by atoms with Crippen molar-refractivity contribution in [2.45, 2.75) is 38.4 Å². The Kier molecular flexibility index (Phi) is 7.20. The maximum absolute atomic E-state index is 12.7. The highest BCUT2D eigenvalue weighted by Crippen LogP contribution is 2.18. The van der Waals surface area contributed by atoms with Gasteiger partial charge < -0.3 is 15.5 Å². The average Bonchev–Trinajstić information content (AvgIpc) is 2.83. The molecule has 2 aliphatic heterocycles. The van der Waals surface area contributed by atoms with Crippen LogP contribution in [0.1, 0.15) is 29.5 Å². The lowest BCUT2D eigenvalue weighted by atomic mass is 10.00. The monoisotopic (exact) mass is 419 g/mol. The van der Waals surface area contributed by atoms with Gasteiger partial charge in [-0.2, -0.15) is 0 Å². The van der Waals surface area contributed by atoms with Gasteiger partial charge >= 0.3 is 0 Å². The fraction of sp³-hybridized carbons (Fsp3) is 0.440. The minimum atomic E-state index is 0.120. The van der Waals surface area contributed by atoms with E-state index in [1.54, 1.807) is 7.05 Å². The molecule has 0 atom stereocenters. The number of carbonyl (C=O) groups excluding carboxylic acids is 1. The van der Waals surface area contributed by atoms with Gasteiger partial charge in [0.1, 0.15) is 0 Å². The summed E-state index contributed by atoms with van der Waals surface area (Å²) in [7, 11) is 1.77. The molecule has 0 aromatic heterocycles. The minimum Gasteiger partial charge on any atom is -0.354 e. The lowest BCUT2D eigenvalue weighted by molar-refractivity contribution is -0.130. The molecule has 0 unspecified atom stereocenters. The molecular formula is C25H33N5O. The number of hydrogen-bond acceptors (Lipinski definition) is 3. The number of aliphatic imine (C=N–C) groups is 1. The third-order valence-electron chi connectivity index (χ3n) is 6.29. The Balaban J connectivity index is 1.19. The van der Waals surface area contributed by atoms with E-state index in [1.807, 2.05) is 11.0 Å². The number of guanidine groups is 1. The summed E-state index contributed by atoms with van der Waals surface area (Å²) in [6.45, 7) is 4.89. The highest BCUT2D eigenvalue weighted by atomic mass is 16.2. The second-order valence-corrected chi connectivity index (χ2v) is 8.44. The maximum atomic E-state index is 12.7. The van der Waals surface area contributed by atoms with Crippen molar-refractivity contribution in [3.05, 3.63) is 71.3 Å². The van der Waals surface area contributed by atoms with Gasteiger partial charge in [-0.15, -0.1) is 0 Å². The Hall–Kier alpha value is -2.86. The first kappa shape index (κ1) is 21.4. The number of hydrogen-bond donors (Lipinski definition) is 2. The minimum absolute atomic E-state index is 0.120. The Morgan fingerprint density at radius 3 is 2.45 bits per heavy atom. The van der Waals surface area contributed by atoms with Gasteiger partial charge in [0.15, 0.2) is 5.96 Å². The molecule has 0 saturated carbocycles. The molecule has 164 valence electrons. The van der Waals surface area contributed by atoms with E-state index in [0.717, 1.165) is 45.4 Å². The van der Waals surface area contributed by atoms with Gasteiger partial charge in [0.2, 0.25) is 5.91 Å². The van der Waals surface area contributed by atoms with Crippen LogP contribution in [0.4, 0.5) is 0 Å². The normalized spacial score (nSPS) is 17.8. The van der Waals surface area contributed by atoms with Gasteiger partial charge in [0.05, 0.1) is 6.54 Å². The molecule has 0 bridgehead atoms. The number of benzene rings is 2. The van der Waals surface area contributed by atoms with E-state index in [0.29, 0.717) is 18.5 Å². The van der Waals surface area contributed by atoms with Gasteiger partial charge in [0, 0.05) is 45.8 Å². The number of likely N-dealkylation sites (tertiary alicyclic amines) is 1. The third kappa shape index (κ3) is 5.85. The molecule has 4 rings (SSSR count). The molecule has 0 spiro atoms. The number of nitrogens with zero attached hydrogens (tertiary/aromatic N) is 3. The summed E-state index contributed by atoms with van der Waals surface area (Å²) in [6.07, 6.45) is 3.07. The van der Waals surface area contributed by atoms with Crippen molar-refractivity contribution in [3.63, 3.8) is 0 Å². The van der Waals surface area contributed by atoms with Crippen molar-refractivity contribution in [2.24, 2.45) is 4.99 Å². The Morgan fingerprint density at radius 2 is 1.71 bits per heavy atom. The molecule has 1 saturated heterocycles. The molecule has 0 radical (unpaired) electrons. The van der Waals surface area contributed by atoms with E-state index < -0.39 is 0 Å². The molecule has 0 aliphatic carbocycles. The van der Waals surface area contributed by atoms with Crippen LogP contribution in [-0.4, -0.2) is 60.9 Å². The van der Waals surface area contributed by atoms with Gasteiger partial charge in [0.25, 0.3) is 0 Å². The van der Waals surface area contributed by atoms with Crippen molar-refractivity contribution in [2.75, 3.05) is 33.2 Å². The molecule has 6 nitrogen and oxygen atoms in total. The van der Waals surface area contributed by atoms with Crippen LogP contribution in [0.5, 0.6) is 0 Å². The fourth-order valence-electron chi connectivity index (χ4n) is 4.44. The number of fused-ring (bicyclic) bond motifs is 1. The molecule has 2 aliphatic rings. The van der Waals surface area contributed by atoms with Crippen LogP contribution in [0, 0.1) is 0 Å². The first-order valence-corrected chi connectivity index (χ1v) is 11.3. The van der Waals surface area contributed by atoms with E-state index in [4.69, 9.17) is 0 Å². The van der Waals surface area contributed by atoms with Crippen LogP contribution < -0.4 is 10.6 Å². The van der Waals surface area contributed by atoms with Crippen molar-refractivity contribution in [1.29, 1.82) is 0 Å². The predicted molar refractivity (Wildman–Crippen MR) is 125 cm³/mol. The van der Waals surface area contributed by atoms with Gasteiger partial charge in [-0.25, -0.2) is 0 Å². The molecule has 31 heavy (non-hydrogen) atoms. The van der Waals surface area contributed by atoms with Crippen LogP contribution in [0.15, 0.2) is 59.6 Å². The average molecular weight is 420 g/mol. The largest absolute Gasteiger partial charge is 0.354 e. The quantitative estimate of drug-likeness (QED) is 0.577. The van der Waals surface area contributed by atoms with Crippen molar-refractivity contribution < 1.29 is 4.79 Å². The maximum Gasteiger partial charge on any atom is 0.242 e. The first-order chi connectivity index (χ1) is 15.2. The van der Waals surface area contributed by atoms with Crippen LogP contribution in [-0.2, 0) is 24.3 Å². The Morgan fingerprint density at radius 1 is 1.00 bits per heavy atom. The number of rotatable bonds is 5. The molecule has 2 aromatic carbocycles. The van der Waals surface area contributed by atoms with E-state index in [-0.39, 0.29) is 12.5 Å². The molecular weight excluding hydrogens is 386 g/mol. The lowest BCUT2D eigenvalue weighted by Crippen LogP contribution is -2.50. The molecule has 1 amide bonds. The van der Waals surface area contributed by atoms with E-state index in [1.165, 1.54) is 16.7 Å². The van der Waals surface area contributed by atoms with Crippen molar-refractivity contribution >= 4 is 11.9 Å². The second kappa shape index (κ2) is 10.4. The fourth-order valence-corrected chi connectivity index (χ4v) is 4.44. The summed E-state index contributed by atoms with van der Waals surface area (Å²) in [5, 5.41) is 6.73. The van der Waals surface area contributed by atoms with Crippen LogP contribution in [0.2, 0.25) is 0 Å². The zero-order chi connectivity index (χ0) is 21.5. The molecule has 2 heterocycles. The number of piperidine rings is 1. The molecule has 2 N–H and O–H groups in total. The number of amides is 1. The van der Waals surface area contributed by atoms with E-state index in [9.17, 15) is 4.79 Å². The molecule has 1 fully saturated rings. The number of nitrogens with one attached hydrogen (secondary N) is 2. The van der Waals surface area contributed by atoms with Crippen LogP contribution in [0.25, 0.3) is 0 Å².